The van der Waals surface area contributed by atoms with Crippen molar-refractivity contribution in [3.8, 4) is 0 Å². The van der Waals surface area contributed by atoms with E-state index in [9.17, 15) is 0 Å². The Balaban J connectivity index is 0.00000576. The van der Waals surface area contributed by atoms with Gasteiger partial charge >= 0.3 is 0 Å². The van der Waals surface area contributed by atoms with Crippen LogP contribution in [0.25, 0.3) is 0 Å². The molecule has 3 nitrogen and oxygen atoms in total. The molecule has 0 amide bonds. The highest BCUT2D eigenvalue weighted by Crippen LogP contribution is 2.14. The first-order valence-corrected chi connectivity index (χ1v) is 11.0. The molecule has 150 valence electrons. The van der Waals surface area contributed by atoms with E-state index in [4.69, 9.17) is 0 Å². The van der Waals surface area contributed by atoms with Crippen LogP contribution in [0, 0.1) is 0 Å². The molecule has 0 saturated carbocycles. The standard InChI is InChI=1S/C22H44N2.H2O/c1-3-4-5-6-7-8-9-10-11-12-13-14-15-16-17-18-19-24-21-20-23(2)22-24;/h20-21H,3-19,22H2,1-2H3;1H2. The van der Waals surface area contributed by atoms with Crippen LogP contribution in [0.5, 0.6) is 0 Å². The molecule has 1 rings (SSSR count). The third-order valence-corrected chi connectivity index (χ3v) is 5.24. The highest BCUT2D eigenvalue weighted by molar-refractivity contribution is 4.88. The van der Waals surface area contributed by atoms with Gasteiger partial charge in [0.1, 0.15) is 0 Å². The van der Waals surface area contributed by atoms with Gasteiger partial charge in [-0.05, 0) is 6.42 Å². The van der Waals surface area contributed by atoms with E-state index in [-0.39, 0.29) is 5.48 Å². The van der Waals surface area contributed by atoms with Crippen LogP contribution in [0.15, 0.2) is 12.4 Å². The first kappa shape index (κ1) is 24.3. The highest BCUT2D eigenvalue weighted by Gasteiger charge is 2.06. The monoisotopic (exact) mass is 354 g/mol. The molecule has 0 radical (unpaired) electrons. The molecule has 2 N–H and O–H groups in total. The molecule has 0 saturated heterocycles. The lowest BCUT2D eigenvalue weighted by Gasteiger charge is -2.17. The predicted molar refractivity (Wildman–Crippen MR) is 112 cm³/mol. The van der Waals surface area contributed by atoms with Crippen LogP contribution in [0.3, 0.4) is 0 Å². The molecule has 0 fully saturated rings. The summed E-state index contributed by atoms with van der Waals surface area (Å²) in [5.74, 6) is 0. The molecule has 0 bridgehead atoms. The Bertz CT molecular complexity index is 294. The van der Waals surface area contributed by atoms with Gasteiger partial charge in [-0.15, -0.1) is 0 Å². The summed E-state index contributed by atoms with van der Waals surface area (Å²) in [7, 11) is 2.14. The maximum Gasteiger partial charge on any atom is 0.0890 e. The van der Waals surface area contributed by atoms with Gasteiger partial charge in [0, 0.05) is 26.0 Å². The fraction of sp³-hybridized carbons (Fsp3) is 0.909. The number of unbranched alkanes of at least 4 members (excludes halogenated alkanes) is 15. The Labute approximate surface area is 158 Å². The van der Waals surface area contributed by atoms with Crippen molar-refractivity contribution in [3.63, 3.8) is 0 Å². The predicted octanol–water partition coefficient (Wildman–Crippen LogP) is 6.10. The van der Waals surface area contributed by atoms with Crippen molar-refractivity contribution in [2.24, 2.45) is 0 Å². The first-order chi connectivity index (χ1) is 11.8. The SMILES string of the molecule is CCCCCCCCCCCCCCCCCCN1C=CN(C)C1.O. The largest absolute Gasteiger partial charge is 0.412 e. The average Bonchev–Trinajstić information content (AvgIpc) is 3.00. The van der Waals surface area contributed by atoms with E-state index in [1.54, 1.807) is 0 Å². The lowest BCUT2D eigenvalue weighted by Crippen LogP contribution is -2.23. The molecule has 0 aromatic rings. The summed E-state index contributed by atoms with van der Waals surface area (Å²) in [6.45, 7) is 4.61. The zero-order valence-corrected chi connectivity index (χ0v) is 17.3. The maximum atomic E-state index is 2.42. The van der Waals surface area contributed by atoms with Gasteiger partial charge in [0.25, 0.3) is 0 Å². The number of nitrogens with zero attached hydrogens (tertiary/aromatic N) is 2. The van der Waals surface area contributed by atoms with Crippen LogP contribution in [0.4, 0.5) is 0 Å². The fourth-order valence-electron chi connectivity index (χ4n) is 3.60. The van der Waals surface area contributed by atoms with Crippen LogP contribution in [-0.2, 0) is 0 Å². The van der Waals surface area contributed by atoms with E-state index in [1.807, 2.05) is 0 Å². The quantitative estimate of drug-likeness (QED) is 0.296. The van der Waals surface area contributed by atoms with E-state index in [2.05, 4.69) is 36.2 Å². The maximum absolute atomic E-state index is 2.42. The second-order valence-corrected chi connectivity index (χ2v) is 7.81. The molecular weight excluding hydrogens is 308 g/mol. The smallest absolute Gasteiger partial charge is 0.0890 e. The van der Waals surface area contributed by atoms with E-state index in [1.165, 1.54) is 109 Å². The van der Waals surface area contributed by atoms with Crippen LogP contribution in [0.2, 0.25) is 0 Å². The van der Waals surface area contributed by atoms with Crippen molar-refractivity contribution in [2.75, 3.05) is 20.3 Å². The topological polar surface area (TPSA) is 38.0 Å². The molecule has 25 heavy (non-hydrogen) atoms. The summed E-state index contributed by atoms with van der Waals surface area (Å²) >= 11 is 0. The van der Waals surface area contributed by atoms with Crippen LogP contribution >= 0.6 is 0 Å². The minimum atomic E-state index is 0. The Hall–Kier alpha value is -0.700. The molecule has 3 heteroatoms. The second-order valence-electron chi connectivity index (χ2n) is 7.81. The highest BCUT2D eigenvalue weighted by atomic mass is 16.0. The van der Waals surface area contributed by atoms with Crippen molar-refractivity contribution in [1.82, 2.24) is 9.80 Å². The number of hydrogen-bond acceptors (Lipinski definition) is 2. The van der Waals surface area contributed by atoms with Crippen LogP contribution in [-0.4, -0.2) is 35.5 Å². The first-order valence-electron chi connectivity index (χ1n) is 11.0. The Morgan fingerprint density at radius 2 is 1.00 bits per heavy atom. The minimum absolute atomic E-state index is 0. The summed E-state index contributed by atoms with van der Waals surface area (Å²) in [4.78, 5) is 4.66. The zero-order valence-electron chi connectivity index (χ0n) is 17.3. The molecule has 0 aromatic heterocycles. The summed E-state index contributed by atoms with van der Waals surface area (Å²) in [5.41, 5.74) is 0. The summed E-state index contributed by atoms with van der Waals surface area (Å²) in [6.07, 6.45) is 27.6. The van der Waals surface area contributed by atoms with Crippen molar-refractivity contribution < 1.29 is 5.48 Å². The third kappa shape index (κ3) is 15.3. The Morgan fingerprint density at radius 3 is 1.36 bits per heavy atom. The van der Waals surface area contributed by atoms with Gasteiger partial charge in [-0.25, -0.2) is 0 Å². The molecule has 0 atom stereocenters. The van der Waals surface area contributed by atoms with Crippen molar-refractivity contribution in [1.29, 1.82) is 0 Å². The van der Waals surface area contributed by atoms with Crippen LogP contribution in [0.1, 0.15) is 110 Å². The van der Waals surface area contributed by atoms with Crippen molar-refractivity contribution in [2.45, 2.75) is 110 Å². The number of hydrogen-bond donors (Lipinski definition) is 0. The zero-order chi connectivity index (χ0) is 17.3. The number of rotatable bonds is 17. The summed E-state index contributed by atoms with van der Waals surface area (Å²) in [6, 6.07) is 0. The molecule has 0 aliphatic carbocycles. The second kappa shape index (κ2) is 18.1. The molecule has 1 heterocycles. The molecule has 1 aliphatic rings. The molecule has 1 aliphatic heterocycles. The van der Waals surface area contributed by atoms with Gasteiger partial charge < -0.3 is 15.3 Å². The molecule has 0 aromatic carbocycles. The van der Waals surface area contributed by atoms with E-state index in [0.29, 0.717) is 0 Å². The lowest BCUT2D eigenvalue weighted by molar-refractivity contribution is 0.290. The van der Waals surface area contributed by atoms with Gasteiger partial charge in [0.15, 0.2) is 0 Å². The fourth-order valence-corrected chi connectivity index (χ4v) is 3.60. The van der Waals surface area contributed by atoms with Gasteiger partial charge in [-0.3, -0.25) is 0 Å². The van der Waals surface area contributed by atoms with Gasteiger partial charge in [0.05, 0.1) is 6.67 Å². The normalized spacial score (nSPS) is 13.5. The molecular formula is C22H46N2O. The summed E-state index contributed by atoms with van der Waals surface area (Å²) in [5, 5.41) is 0. The average molecular weight is 355 g/mol. The van der Waals surface area contributed by atoms with E-state index in [0.717, 1.165) is 6.67 Å². The van der Waals surface area contributed by atoms with E-state index >= 15 is 0 Å². The van der Waals surface area contributed by atoms with E-state index < -0.39 is 0 Å². The van der Waals surface area contributed by atoms with Crippen molar-refractivity contribution in [3.05, 3.63) is 12.4 Å². The molecule has 0 unspecified atom stereocenters. The van der Waals surface area contributed by atoms with Gasteiger partial charge in [0.2, 0.25) is 0 Å². The lowest BCUT2D eigenvalue weighted by atomic mass is 10.0. The summed E-state index contributed by atoms with van der Waals surface area (Å²) < 4.78 is 0. The molecule has 0 spiro atoms. The van der Waals surface area contributed by atoms with Crippen LogP contribution < -0.4 is 0 Å². The van der Waals surface area contributed by atoms with Gasteiger partial charge in [-0.2, -0.15) is 0 Å². The van der Waals surface area contributed by atoms with Gasteiger partial charge in [-0.1, -0.05) is 103 Å². The Kier molecular flexibility index (Phi) is 17.6. The minimum Gasteiger partial charge on any atom is -0.412 e. The van der Waals surface area contributed by atoms with Crippen molar-refractivity contribution >= 4 is 0 Å². The Morgan fingerprint density at radius 1 is 0.600 bits per heavy atom. The third-order valence-electron chi connectivity index (χ3n) is 5.24.